The third kappa shape index (κ3) is 2.39. The summed E-state index contributed by atoms with van der Waals surface area (Å²) in [6.07, 6.45) is 8.98. The van der Waals surface area contributed by atoms with Crippen LogP contribution in [0.2, 0.25) is 0 Å². The Balaban J connectivity index is 1.81. The highest BCUT2D eigenvalue weighted by Gasteiger charge is 2.51. The molecule has 2 fully saturated rings. The van der Waals surface area contributed by atoms with Crippen LogP contribution in [0.5, 0.6) is 0 Å². The third-order valence-electron chi connectivity index (χ3n) is 5.01. The van der Waals surface area contributed by atoms with Crippen molar-refractivity contribution in [3.8, 4) is 0 Å². The predicted octanol–water partition coefficient (Wildman–Crippen LogP) is 4.07. The fraction of sp³-hybridized carbons (Fsp3) is 0.500. The molecule has 0 radical (unpaired) electrons. The molecule has 0 unspecified atom stereocenters. The topological polar surface area (TPSA) is 26.3 Å². The van der Waals surface area contributed by atoms with Gasteiger partial charge in [0, 0.05) is 5.92 Å². The van der Waals surface area contributed by atoms with Crippen LogP contribution in [-0.2, 0) is 9.53 Å². The normalized spacial score (nSPS) is 33.8. The zero-order valence-corrected chi connectivity index (χ0v) is 12.0. The number of cyclic esters (lactones) is 1. The molecule has 0 N–H and O–H groups in total. The molecule has 2 nitrogen and oxygen atoms in total. The summed E-state index contributed by atoms with van der Waals surface area (Å²) in [6, 6.07) is 10.4. The molecule has 0 aromatic heterocycles. The van der Waals surface area contributed by atoms with Gasteiger partial charge in [-0.2, -0.15) is 0 Å². The third-order valence-corrected chi connectivity index (χ3v) is 5.01. The van der Waals surface area contributed by atoms with E-state index in [0.717, 1.165) is 12.8 Å². The first-order valence-electron chi connectivity index (χ1n) is 7.61. The van der Waals surface area contributed by atoms with Crippen molar-refractivity contribution < 1.29 is 9.53 Å². The van der Waals surface area contributed by atoms with Crippen LogP contribution in [0.1, 0.15) is 38.2 Å². The molecule has 20 heavy (non-hydrogen) atoms. The van der Waals surface area contributed by atoms with E-state index in [0.29, 0.717) is 18.4 Å². The number of carbonyl (C=O) groups is 1. The highest BCUT2D eigenvalue weighted by molar-refractivity contribution is 5.79. The lowest BCUT2D eigenvalue weighted by atomic mass is 9.71. The average molecular weight is 270 g/mol. The predicted molar refractivity (Wildman–Crippen MR) is 80.0 cm³/mol. The fourth-order valence-corrected chi connectivity index (χ4v) is 3.65. The number of hydrogen-bond donors (Lipinski definition) is 0. The van der Waals surface area contributed by atoms with Crippen LogP contribution in [-0.4, -0.2) is 12.6 Å². The second-order valence-corrected chi connectivity index (χ2v) is 6.30. The van der Waals surface area contributed by atoms with Gasteiger partial charge in [0.15, 0.2) is 0 Å². The molecular formula is C18H22O2. The second kappa shape index (κ2) is 5.43. The lowest BCUT2D eigenvalue weighted by Gasteiger charge is -2.28. The van der Waals surface area contributed by atoms with Crippen LogP contribution in [0.15, 0.2) is 36.4 Å². The molecule has 1 saturated heterocycles. The zero-order chi connectivity index (χ0) is 14.0. The van der Waals surface area contributed by atoms with Gasteiger partial charge in [0.2, 0.25) is 0 Å². The Bertz CT molecular complexity index is 505. The van der Waals surface area contributed by atoms with Crippen molar-refractivity contribution in [2.45, 2.75) is 32.6 Å². The molecule has 1 aliphatic heterocycles. The van der Waals surface area contributed by atoms with Gasteiger partial charge < -0.3 is 4.74 Å². The molecule has 1 aliphatic carbocycles. The minimum Gasteiger partial charge on any atom is -0.465 e. The SMILES string of the molecule is C[C@@]12CCCC[C@@H](/C=C/c3ccccc3)[C@@H]1COC2=O. The molecule has 0 spiro atoms. The number of benzene rings is 1. The molecular weight excluding hydrogens is 248 g/mol. The Hall–Kier alpha value is -1.57. The van der Waals surface area contributed by atoms with Crippen LogP contribution < -0.4 is 0 Å². The molecule has 2 aliphatic rings. The van der Waals surface area contributed by atoms with Crippen LogP contribution in [0.4, 0.5) is 0 Å². The zero-order valence-electron chi connectivity index (χ0n) is 12.0. The maximum atomic E-state index is 12.1. The van der Waals surface area contributed by atoms with E-state index in [1.54, 1.807) is 0 Å². The first-order valence-corrected chi connectivity index (χ1v) is 7.61. The van der Waals surface area contributed by atoms with Crippen LogP contribution >= 0.6 is 0 Å². The van der Waals surface area contributed by atoms with Gasteiger partial charge in [-0.15, -0.1) is 0 Å². The smallest absolute Gasteiger partial charge is 0.312 e. The van der Waals surface area contributed by atoms with E-state index in [-0.39, 0.29) is 11.4 Å². The van der Waals surface area contributed by atoms with Crippen molar-refractivity contribution in [3.63, 3.8) is 0 Å². The molecule has 3 rings (SSSR count). The summed E-state index contributed by atoms with van der Waals surface area (Å²) in [7, 11) is 0. The Morgan fingerprint density at radius 1 is 1.25 bits per heavy atom. The summed E-state index contributed by atoms with van der Waals surface area (Å²) in [5, 5.41) is 0. The summed E-state index contributed by atoms with van der Waals surface area (Å²) >= 11 is 0. The van der Waals surface area contributed by atoms with E-state index in [9.17, 15) is 4.79 Å². The van der Waals surface area contributed by atoms with Gasteiger partial charge in [0.25, 0.3) is 0 Å². The van der Waals surface area contributed by atoms with Crippen LogP contribution in [0.3, 0.4) is 0 Å². The van der Waals surface area contributed by atoms with E-state index in [4.69, 9.17) is 4.74 Å². The molecule has 2 heteroatoms. The largest absolute Gasteiger partial charge is 0.465 e. The number of fused-ring (bicyclic) bond motifs is 1. The molecule has 1 aromatic rings. The Kier molecular flexibility index (Phi) is 3.64. The van der Waals surface area contributed by atoms with E-state index in [1.165, 1.54) is 18.4 Å². The number of allylic oxidation sites excluding steroid dienone is 1. The molecule has 1 saturated carbocycles. The maximum Gasteiger partial charge on any atom is 0.312 e. The Morgan fingerprint density at radius 3 is 2.85 bits per heavy atom. The van der Waals surface area contributed by atoms with Gasteiger partial charge in [-0.05, 0) is 31.2 Å². The minimum absolute atomic E-state index is 0.0162. The molecule has 3 atom stereocenters. The standard InChI is InChI=1S/C18H22O2/c1-18-12-6-5-9-15(16(18)13-20-17(18)19)11-10-14-7-3-2-4-8-14/h2-4,7-8,10-11,15-16H,5-6,9,12-13H2,1H3/b11-10+/t15-,16-,18+/m0/s1. The number of hydrogen-bond acceptors (Lipinski definition) is 2. The fourth-order valence-electron chi connectivity index (χ4n) is 3.65. The van der Waals surface area contributed by atoms with Crippen molar-refractivity contribution >= 4 is 12.0 Å². The lowest BCUT2D eigenvalue weighted by Crippen LogP contribution is -2.32. The molecule has 0 amide bonds. The molecule has 106 valence electrons. The van der Waals surface area contributed by atoms with Crippen LogP contribution in [0, 0.1) is 17.3 Å². The summed E-state index contributed by atoms with van der Waals surface area (Å²) < 4.78 is 5.37. The minimum atomic E-state index is -0.262. The average Bonchev–Trinajstić information content (AvgIpc) is 2.67. The monoisotopic (exact) mass is 270 g/mol. The van der Waals surface area contributed by atoms with E-state index in [2.05, 4.69) is 43.3 Å². The van der Waals surface area contributed by atoms with E-state index < -0.39 is 0 Å². The Morgan fingerprint density at radius 2 is 2.05 bits per heavy atom. The first-order chi connectivity index (χ1) is 9.70. The molecule has 1 heterocycles. The summed E-state index contributed by atoms with van der Waals surface area (Å²) in [5.74, 6) is 0.814. The quantitative estimate of drug-likeness (QED) is 0.757. The number of rotatable bonds is 2. The van der Waals surface area contributed by atoms with Gasteiger partial charge in [0.1, 0.15) is 0 Å². The maximum absolute atomic E-state index is 12.1. The van der Waals surface area contributed by atoms with Gasteiger partial charge in [0.05, 0.1) is 12.0 Å². The van der Waals surface area contributed by atoms with E-state index >= 15 is 0 Å². The van der Waals surface area contributed by atoms with Crippen molar-refractivity contribution in [1.82, 2.24) is 0 Å². The lowest BCUT2D eigenvalue weighted by molar-refractivity contribution is -0.146. The van der Waals surface area contributed by atoms with Crippen LogP contribution in [0.25, 0.3) is 6.08 Å². The van der Waals surface area contributed by atoms with E-state index in [1.807, 2.05) is 6.07 Å². The van der Waals surface area contributed by atoms with Crippen molar-refractivity contribution in [2.24, 2.45) is 17.3 Å². The number of carbonyl (C=O) groups excluding carboxylic acids is 1. The van der Waals surface area contributed by atoms with Gasteiger partial charge in [-0.3, -0.25) is 4.79 Å². The number of ether oxygens (including phenoxy) is 1. The Labute approximate surface area is 120 Å². The van der Waals surface area contributed by atoms with Gasteiger partial charge >= 0.3 is 5.97 Å². The van der Waals surface area contributed by atoms with Crippen molar-refractivity contribution in [2.75, 3.05) is 6.61 Å². The summed E-state index contributed by atoms with van der Waals surface area (Å²) in [5.41, 5.74) is 0.964. The molecule has 0 bridgehead atoms. The number of esters is 1. The first kappa shape index (κ1) is 13.4. The van der Waals surface area contributed by atoms with Gasteiger partial charge in [-0.1, -0.05) is 55.3 Å². The molecule has 1 aromatic carbocycles. The highest BCUT2D eigenvalue weighted by atomic mass is 16.5. The van der Waals surface area contributed by atoms with Crippen molar-refractivity contribution in [3.05, 3.63) is 42.0 Å². The summed E-state index contributed by atoms with van der Waals surface area (Å²) in [6.45, 7) is 2.70. The van der Waals surface area contributed by atoms with Gasteiger partial charge in [-0.25, -0.2) is 0 Å². The van der Waals surface area contributed by atoms with Crippen molar-refractivity contribution in [1.29, 1.82) is 0 Å². The highest BCUT2D eigenvalue weighted by Crippen LogP contribution is 2.48. The summed E-state index contributed by atoms with van der Waals surface area (Å²) in [4.78, 5) is 12.1. The second-order valence-electron chi connectivity index (χ2n) is 6.30.